The van der Waals surface area contributed by atoms with Crippen LogP contribution in [0.1, 0.15) is 38.7 Å². The predicted molar refractivity (Wildman–Crippen MR) is 155 cm³/mol. The fraction of sp³-hybridized carbons (Fsp3) is 0.281. The molecule has 6 heteroatoms. The van der Waals surface area contributed by atoms with Gasteiger partial charge in [-0.15, -0.1) is 0 Å². The average molecular weight is 503 g/mol. The van der Waals surface area contributed by atoms with Crippen molar-refractivity contribution in [2.45, 2.75) is 39.7 Å². The lowest BCUT2D eigenvalue weighted by molar-refractivity contribution is -0.0162. The lowest BCUT2D eigenvalue weighted by atomic mass is 9.74. The third-order valence-electron chi connectivity index (χ3n) is 7.90. The van der Waals surface area contributed by atoms with E-state index in [4.69, 9.17) is 15.7 Å². The molecular weight excluding hydrogens is 468 g/mol. The van der Waals surface area contributed by atoms with Gasteiger partial charge in [0.05, 0.1) is 11.3 Å². The predicted octanol–water partition coefficient (Wildman–Crippen LogP) is 6.74. The first kappa shape index (κ1) is 24.3. The Kier molecular flexibility index (Phi) is 6.42. The maximum Gasteiger partial charge on any atom is 0.165 e. The van der Waals surface area contributed by atoms with Gasteiger partial charge in [-0.25, -0.2) is 15.0 Å². The molecule has 0 atom stereocenters. The Morgan fingerprint density at radius 1 is 0.868 bits per heavy atom. The second kappa shape index (κ2) is 10.0. The minimum Gasteiger partial charge on any atom is -0.383 e. The second-order valence-electron chi connectivity index (χ2n) is 10.5. The number of hydrogen-bond acceptors (Lipinski definition) is 5. The summed E-state index contributed by atoms with van der Waals surface area (Å²) in [5.41, 5.74) is 13.5. The van der Waals surface area contributed by atoms with Gasteiger partial charge in [-0.2, -0.15) is 0 Å². The van der Waals surface area contributed by atoms with E-state index in [1.165, 1.54) is 37.9 Å². The van der Waals surface area contributed by atoms with Crippen molar-refractivity contribution in [3.63, 3.8) is 0 Å². The highest BCUT2D eigenvalue weighted by Gasteiger charge is 2.40. The second-order valence-corrected chi connectivity index (χ2v) is 10.5. The first-order valence-corrected chi connectivity index (χ1v) is 13.6. The maximum absolute atomic E-state index is 6.31. The van der Waals surface area contributed by atoms with E-state index in [1.54, 1.807) is 6.20 Å². The zero-order chi connectivity index (χ0) is 26.1. The number of nitrogens with two attached hydrogens (primary N) is 1. The average Bonchev–Trinajstić information content (AvgIpc) is 3.31. The molecule has 38 heavy (non-hydrogen) atoms. The Balaban J connectivity index is 1.37. The summed E-state index contributed by atoms with van der Waals surface area (Å²) in [7, 11) is 0. The topological polar surface area (TPSA) is 72.9 Å². The third-order valence-corrected chi connectivity index (χ3v) is 7.90. The van der Waals surface area contributed by atoms with E-state index in [0.29, 0.717) is 11.2 Å². The molecular formula is C32H34N6. The normalized spacial score (nSPS) is 15.0. The SMILES string of the molecule is CCCC1(CC)CN(Cc2ccc(-n3c(-c4cccnc4N)nc4ccc(-c5ccccc5)nc43)cc2)C1. The molecule has 1 saturated heterocycles. The first-order valence-electron chi connectivity index (χ1n) is 13.6. The Morgan fingerprint density at radius 3 is 2.37 bits per heavy atom. The molecule has 6 nitrogen and oxygen atoms in total. The molecule has 6 rings (SSSR count). The van der Waals surface area contributed by atoms with E-state index in [-0.39, 0.29) is 0 Å². The molecule has 0 aliphatic carbocycles. The largest absolute Gasteiger partial charge is 0.383 e. The van der Waals surface area contributed by atoms with Crippen LogP contribution in [0.2, 0.25) is 0 Å². The van der Waals surface area contributed by atoms with Crippen LogP contribution in [0.5, 0.6) is 0 Å². The quantitative estimate of drug-likeness (QED) is 0.254. The monoisotopic (exact) mass is 502 g/mol. The molecule has 1 fully saturated rings. The first-order chi connectivity index (χ1) is 18.6. The number of benzene rings is 2. The van der Waals surface area contributed by atoms with E-state index in [9.17, 15) is 0 Å². The number of nitrogen functional groups attached to an aromatic ring is 1. The molecule has 0 radical (unpaired) electrons. The van der Waals surface area contributed by atoms with Crippen LogP contribution in [0, 0.1) is 5.41 Å². The van der Waals surface area contributed by atoms with Crippen molar-refractivity contribution in [2.24, 2.45) is 5.41 Å². The summed E-state index contributed by atoms with van der Waals surface area (Å²) in [6.07, 6.45) is 5.56. The number of nitrogens with zero attached hydrogens (tertiary/aromatic N) is 5. The van der Waals surface area contributed by atoms with Crippen LogP contribution < -0.4 is 5.73 Å². The summed E-state index contributed by atoms with van der Waals surface area (Å²) in [6.45, 7) is 8.00. The Bertz CT molecular complexity index is 1550. The molecule has 0 bridgehead atoms. The minimum atomic E-state index is 0.452. The molecule has 0 amide bonds. The van der Waals surface area contributed by atoms with Crippen LogP contribution in [0.4, 0.5) is 5.82 Å². The zero-order valence-electron chi connectivity index (χ0n) is 22.1. The van der Waals surface area contributed by atoms with Crippen LogP contribution in [-0.2, 0) is 6.54 Å². The molecule has 1 aliphatic heterocycles. The number of aromatic nitrogens is 4. The van der Waals surface area contributed by atoms with Gasteiger partial charge in [0.1, 0.15) is 11.3 Å². The molecule has 1 aliphatic rings. The van der Waals surface area contributed by atoms with Gasteiger partial charge < -0.3 is 5.73 Å². The van der Waals surface area contributed by atoms with Crippen LogP contribution in [0.3, 0.4) is 0 Å². The van der Waals surface area contributed by atoms with Gasteiger partial charge in [0.2, 0.25) is 0 Å². The highest BCUT2D eigenvalue weighted by atomic mass is 15.2. The van der Waals surface area contributed by atoms with Gasteiger partial charge >= 0.3 is 0 Å². The van der Waals surface area contributed by atoms with E-state index in [2.05, 4.69) is 64.7 Å². The van der Waals surface area contributed by atoms with Gasteiger partial charge in [0, 0.05) is 37.1 Å². The molecule has 0 saturated carbocycles. The molecule has 0 unspecified atom stereocenters. The van der Waals surface area contributed by atoms with Gasteiger partial charge in [0.15, 0.2) is 11.5 Å². The highest BCUT2D eigenvalue weighted by Crippen LogP contribution is 2.39. The molecule has 0 spiro atoms. The van der Waals surface area contributed by atoms with Crippen molar-refractivity contribution in [3.05, 3.63) is 90.6 Å². The Morgan fingerprint density at radius 2 is 1.66 bits per heavy atom. The molecule has 5 aromatic rings. The number of fused-ring (bicyclic) bond motifs is 1. The van der Waals surface area contributed by atoms with Crippen LogP contribution in [0.25, 0.3) is 39.5 Å². The summed E-state index contributed by atoms with van der Waals surface area (Å²) >= 11 is 0. The van der Waals surface area contributed by atoms with Crippen molar-refractivity contribution < 1.29 is 0 Å². The van der Waals surface area contributed by atoms with E-state index in [1.807, 2.05) is 42.5 Å². The van der Waals surface area contributed by atoms with Gasteiger partial charge in [-0.1, -0.05) is 62.7 Å². The van der Waals surface area contributed by atoms with E-state index < -0.39 is 0 Å². The minimum absolute atomic E-state index is 0.452. The number of rotatable bonds is 8. The maximum atomic E-state index is 6.31. The lowest BCUT2D eigenvalue weighted by Gasteiger charge is -2.50. The molecule has 3 aromatic heterocycles. The number of anilines is 1. The van der Waals surface area contributed by atoms with Crippen molar-refractivity contribution >= 4 is 17.0 Å². The number of likely N-dealkylation sites (tertiary alicyclic amines) is 1. The zero-order valence-corrected chi connectivity index (χ0v) is 22.1. The summed E-state index contributed by atoms with van der Waals surface area (Å²) in [6, 6.07) is 26.9. The summed E-state index contributed by atoms with van der Waals surface area (Å²) in [5.74, 6) is 1.19. The third kappa shape index (κ3) is 4.45. The lowest BCUT2D eigenvalue weighted by Crippen LogP contribution is -2.55. The number of pyridine rings is 2. The molecule has 192 valence electrons. The van der Waals surface area contributed by atoms with Gasteiger partial charge in [0.25, 0.3) is 0 Å². The number of hydrogen-bond donors (Lipinski definition) is 1. The molecule has 2 N–H and O–H groups in total. The fourth-order valence-corrected chi connectivity index (χ4v) is 5.87. The molecule has 2 aromatic carbocycles. The van der Waals surface area contributed by atoms with Crippen molar-refractivity contribution in [1.82, 2.24) is 24.4 Å². The summed E-state index contributed by atoms with van der Waals surface area (Å²) < 4.78 is 2.10. The van der Waals surface area contributed by atoms with Crippen LogP contribution in [-0.4, -0.2) is 37.5 Å². The Hall–Kier alpha value is -4.03. The van der Waals surface area contributed by atoms with Crippen LogP contribution >= 0.6 is 0 Å². The fourth-order valence-electron chi connectivity index (χ4n) is 5.87. The van der Waals surface area contributed by atoms with Gasteiger partial charge in [-0.05, 0) is 60.2 Å². The van der Waals surface area contributed by atoms with E-state index in [0.717, 1.165) is 46.0 Å². The van der Waals surface area contributed by atoms with Crippen molar-refractivity contribution in [1.29, 1.82) is 0 Å². The van der Waals surface area contributed by atoms with Crippen molar-refractivity contribution in [2.75, 3.05) is 18.8 Å². The molecule has 4 heterocycles. The van der Waals surface area contributed by atoms with Gasteiger partial charge in [-0.3, -0.25) is 9.47 Å². The van der Waals surface area contributed by atoms with E-state index >= 15 is 0 Å². The summed E-state index contributed by atoms with van der Waals surface area (Å²) in [5, 5.41) is 0. The van der Waals surface area contributed by atoms with Crippen molar-refractivity contribution in [3.8, 4) is 28.3 Å². The highest BCUT2D eigenvalue weighted by molar-refractivity contribution is 5.84. The standard InChI is InChI=1S/C32H34N6/c1-3-18-32(4-2)21-37(22-32)20-23-12-14-25(15-13-23)38-30(26-11-8-19-34-29(26)33)36-28-17-16-27(35-31(28)38)24-9-6-5-7-10-24/h5-17,19H,3-4,18,20-22H2,1-2H3,(H2,33,34). The van der Waals surface area contributed by atoms with Crippen LogP contribution in [0.15, 0.2) is 85.1 Å². The number of imidazole rings is 1. The smallest absolute Gasteiger partial charge is 0.165 e. The summed E-state index contributed by atoms with van der Waals surface area (Å²) in [4.78, 5) is 16.9. The Labute approximate surface area is 224 Å².